The zero-order chi connectivity index (χ0) is 31.1. The van der Waals surface area contributed by atoms with Gasteiger partial charge in [-0.1, -0.05) is 30.3 Å². The van der Waals surface area contributed by atoms with Crippen LogP contribution in [0.5, 0.6) is 0 Å². The van der Waals surface area contributed by atoms with Gasteiger partial charge in [0.15, 0.2) is 30.4 Å². The third-order valence-electron chi connectivity index (χ3n) is 6.03. The average molecular weight is 612 g/mol. The molecule has 0 amide bonds. The van der Waals surface area contributed by atoms with E-state index in [9.17, 15) is 19.2 Å². The van der Waals surface area contributed by atoms with Gasteiger partial charge >= 0.3 is 23.9 Å². The van der Waals surface area contributed by atoms with Crippen LogP contribution in [0, 0.1) is 4.77 Å². The van der Waals surface area contributed by atoms with Crippen LogP contribution in [0.3, 0.4) is 0 Å². The molecular weight excluding hydrogens is 582 g/mol. The summed E-state index contributed by atoms with van der Waals surface area (Å²) in [6.45, 7) is 4.22. The van der Waals surface area contributed by atoms with Crippen molar-refractivity contribution >= 4 is 42.3 Å². The number of rotatable bonds is 9. The number of benzene rings is 1. The molecule has 0 spiro atoms. The molecule has 1 aliphatic heterocycles. The van der Waals surface area contributed by atoms with Crippen molar-refractivity contribution in [3.8, 4) is 11.4 Å². The van der Waals surface area contributed by atoms with E-state index in [4.69, 9.17) is 35.9 Å². The van der Waals surface area contributed by atoms with E-state index >= 15 is 0 Å². The largest absolute Gasteiger partial charge is 0.463 e. The van der Waals surface area contributed by atoms with Gasteiger partial charge in [0, 0.05) is 45.7 Å². The molecule has 0 N–H and O–H groups in total. The van der Waals surface area contributed by atoms with Gasteiger partial charge in [0.2, 0.25) is 4.77 Å². The molecule has 0 unspecified atom stereocenters. The number of hydrogen-bond donors (Lipinski definition) is 0. The summed E-state index contributed by atoms with van der Waals surface area (Å²) in [6.07, 6.45) is -1.94. The standard InChI is InChI=1S/C28H29N5O9S/c1-16(34)38-15-22-23(39-17(2)35)24(40-18(3)36)25(41-19(4)37)27(42-22)33-28(43)32(30-13-20-9-6-5-7-10-20)26(31-33)21-11-8-12-29-14-21/h5-14,22-25,27H,15H2,1-4H3/b30-13+/t22-,23-,24+,25-,27-/m1/s1. The molecule has 1 saturated heterocycles. The van der Waals surface area contributed by atoms with Crippen molar-refractivity contribution in [3.05, 3.63) is 65.2 Å². The Bertz CT molecular complexity index is 1560. The zero-order valence-electron chi connectivity index (χ0n) is 23.7. The normalized spacial score (nSPS) is 21.6. The summed E-state index contributed by atoms with van der Waals surface area (Å²) in [7, 11) is 0. The fourth-order valence-corrected chi connectivity index (χ4v) is 4.66. The van der Waals surface area contributed by atoms with E-state index in [1.165, 1.54) is 16.3 Å². The minimum atomic E-state index is -1.41. The zero-order valence-corrected chi connectivity index (χ0v) is 24.5. The number of esters is 4. The first-order valence-electron chi connectivity index (χ1n) is 13.1. The highest BCUT2D eigenvalue weighted by Crippen LogP contribution is 2.35. The van der Waals surface area contributed by atoms with Gasteiger partial charge in [0.05, 0.1) is 6.21 Å². The lowest BCUT2D eigenvalue weighted by atomic mass is 9.97. The highest BCUT2D eigenvalue weighted by atomic mass is 32.1. The lowest BCUT2D eigenvalue weighted by Crippen LogP contribution is -2.60. The summed E-state index contributed by atoms with van der Waals surface area (Å²) < 4.78 is 30.6. The van der Waals surface area contributed by atoms with Crippen molar-refractivity contribution in [1.29, 1.82) is 0 Å². The molecule has 0 bridgehead atoms. The molecule has 5 atom stereocenters. The lowest BCUT2D eigenvalue weighted by Gasteiger charge is -2.44. The van der Waals surface area contributed by atoms with Crippen molar-refractivity contribution in [1.82, 2.24) is 19.4 Å². The van der Waals surface area contributed by atoms with Gasteiger partial charge in [0.25, 0.3) is 0 Å². The number of aromatic nitrogens is 4. The smallest absolute Gasteiger partial charge is 0.303 e. The molecule has 1 aliphatic rings. The second-order valence-electron chi connectivity index (χ2n) is 9.35. The van der Waals surface area contributed by atoms with E-state index in [0.29, 0.717) is 5.56 Å². The number of pyridine rings is 1. The molecule has 1 aromatic carbocycles. The number of carbonyl (C=O) groups excluding carboxylic acids is 4. The molecule has 0 radical (unpaired) electrons. The van der Waals surface area contributed by atoms with Crippen molar-refractivity contribution in [3.63, 3.8) is 0 Å². The number of hydrogen-bond acceptors (Lipinski definition) is 13. The fourth-order valence-electron chi connectivity index (χ4n) is 4.39. The van der Waals surface area contributed by atoms with Crippen LogP contribution in [0.25, 0.3) is 11.4 Å². The monoisotopic (exact) mass is 611 g/mol. The van der Waals surface area contributed by atoms with Gasteiger partial charge in [-0.2, -0.15) is 9.78 Å². The lowest BCUT2D eigenvalue weighted by molar-refractivity contribution is -0.270. The van der Waals surface area contributed by atoms with E-state index in [2.05, 4.69) is 15.2 Å². The minimum absolute atomic E-state index is 0.00642. The van der Waals surface area contributed by atoms with Gasteiger partial charge in [0.1, 0.15) is 12.7 Å². The molecule has 0 saturated carbocycles. The summed E-state index contributed by atoms with van der Waals surface area (Å²) in [5.41, 5.74) is 1.32. The van der Waals surface area contributed by atoms with Gasteiger partial charge in [-0.05, 0) is 29.9 Å². The molecule has 3 heterocycles. The molecule has 1 fully saturated rings. The van der Waals surface area contributed by atoms with E-state index < -0.39 is 61.1 Å². The first-order chi connectivity index (χ1) is 20.5. The molecule has 0 aliphatic carbocycles. The highest BCUT2D eigenvalue weighted by molar-refractivity contribution is 7.71. The van der Waals surface area contributed by atoms with Crippen LogP contribution in [0.1, 0.15) is 39.5 Å². The van der Waals surface area contributed by atoms with Crippen LogP contribution < -0.4 is 0 Å². The summed E-state index contributed by atoms with van der Waals surface area (Å²) in [4.78, 5) is 52.4. The number of ether oxygens (including phenoxy) is 5. The van der Waals surface area contributed by atoms with Crippen LogP contribution in [0.2, 0.25) is 0 Å². The molecule has 3 aromatic rings. The molecular formula is C28H29N5O9S. The predicted molar refractivity (Wildman–Crippen MR) is 151 cm³/mol. The van der Waals surface area contributed by atoms with Crippen LogP contribution in [-0.2, 0) is 42.9 Å². The Labute approximate surface area is 251 Å². The SMILES string of the molecule is CC(=O)OC[C@H]1O[C@@H](n2nc(-c3cccnc3)n(/N=C/c3ccccc3)c2=S)[C@H](OC(C)=O)[C@@H](OC(C)=O)[C@@H]1OC(C)=O. The van der Waals surface area contributed by atoms with Crippen LogP contribution in [0.15, 0.2) is 60.0 Å². The van der Waals surface area contributed by atoms with Crippen molar-refractivity contribution in [2.24, 2.45) is 5.10 Å². The van der Waals surface area contributed by atoms with E-state index in [-0.39, 0.29) is 10.6 Å². The Kier molecular flexibility index (Phi) is 10.1. The Morgan fingerprint density at radius 3 is 2.16 bits per heavy atom. The molecule has 2 aromatic heterocycles. The van der Waals surface area contributed by atoms with Crippen LogP contribution in [0.4, 0.5) is 0 Å². The van der Waals surface area contributed by atoms with E-state index in [0.717, 1.165) is 26.3 Å². The van der Waals surface area contributed by atoms with E-state index in [1.807, 2.05) is 30.3 Å². The third-order valence-corrected chi connectivity index (χ3v) is 6.39. The highest BCUT2D eigenvalue weighted by Gasteiger charge is 2.53. The quantitative estimate of drug-likeness (QED) is 0.151. The Balaban J connectivity index is 1.89. The summed E-state index contributed by atoms with van der Waals surface area (Å²) in [6, 6.07) is 12.7. The van der Waals surface area contributed by atoms with E-state index in [1.54, 1.807) is 30.7 Å². The molecule has 226 valence electrons. The molecule has 43 heavy (non-hydrogen) atoms. The Hall–Kier alpha value is -4.76. The van der Waals surface area contributed by atoms with Gasteiger partial charge in [-0.3, -0.25) is 24.2 Å². The summed E-state index contributed by atoms with van der Waals surface area (Å²) in [5, 5.41) is 9.20. The maximum absolute atomic E-state index is 12.3. The maximum Gasteiger partial charge on any atom is 0.303 e. The number of carbonyl (C=O) groups is 4. The van der Waals surface area contributed by atoms with Crippen LogP contribution in [-0.4, -0.2) is 80.6 Å². The Morgan fingerprint density at radius 1 is 0.907 bits per heavy atom. The van der Waals surface area contributed by atoms with Crippen LogP contribution >= 0.6 is 12.2 Å². The molecule has 14 nitrogen and oxygen atoms in total. The average Bonchev–Trinajstić information content (AvgIpc) is 3.29. The van der Waals surface area contributed by atoms with Crippen molar-refractivity contribution in [2.45, 2.75) is 58.3 Å². The first-order valence-corrected chi connectivity index (χ1v) is 13.5. The third kappa shape index (κ3) is 7.75. The Morgan fingerprint density at radius 2 is 1.56 bits per heavy atom. The summed E-state index contributed by atoms with van der Waals surface area (Å²) in [5.74, 6) is -2.63. The maximum atomic E-state index is 12.3. The van der Waals surface area contributed by atoms with Gasteiger partial charge < -0.3 is 23.7 Å². The van der Waals surface area contributed by atoms with Gasteiger partial charge in [-0.25, -0.2) is 4.68 Å². The first kappa shape index (κ1) is 31.2. The minimum Gasteiger partial charge on any atom is -0.463 e. The predicted octanol–water partition coefficient (Wildman–Crippen LogP) is 2.61. The molecule has 15 heteroatoms. The summed E-state index contributed by atoms with van der Waals surface area (Å²) >= 11 is 5.78. The second-order valence-corrected chi connectivity index (χ2v) is 9.71. The molecule has 4 rings (SSSR count). The second kappa shape index (κ2) is 13.9. The number of nitrogens with zero attached hydrogens (tertiary/aromatic N) is 5. The van der Waals surface area contributed by atoms with Gasteiger partial charge in [-0.15, -0.1) is 5.10 Å². The van der Waals surface area contributed by atoms with Crippen molar-refractivity contribution in [2.75, 3.05) is 6.61 Å². The topological polar surface area (TPSA) is 162 Å². The van der Waals surface area contributed by atoms with Crippen molar-refractivity contribution < 1.29 is 42.9 Å². The fraction of sp³-hybridized carbons (Fsp3) is 0.357.